The van der Waals surface area contributed by atoms with Crippen molar-refractivity contribution >= 4 is 11.8 Å². The van der Waals surface area contributed by atoms with Gasteiger partial charge in [-0.2, -0.15) is 13.2 Å². The van der Waals surface area contributed by atoms with Crippen molar-refractivity contribution in [1.82, 2.24) is 19.8 Å². The quantitative estimate of drug-likeness (QED) is 0.309. The Morgan fingerprint density at radius 1 is 0.929 bits per heavy atom. The Balaban J connectivity index is 1.48. The van der Waals surface area contributed by atoms with Crippen LogP contribution in [0.3, 0.4) is 0 Å². The van der Waals surface area contributed by atoms with E-state index >= 15 is 0 Å². The first-order valence-corrected chi connectivity index (χ1v) is 13.4. The molecule has 216 valence electrons. The second-order valence-corrected chi connectivity index (χ2v) is 10.1. The van der Waals surface area contributed by atoms with Crippen LogP contribution >= 0.6 is 0 Å². The maximum absolute atomic E-state index is 13.5. The summed E-state index contributed by atoms with van der Waals surface area (Å²) < 4.78 is 45.7. The van der Waals surface area contributed by atoms with E-state index in [1.165, 1.54) is 16.7 Å². The van der Waals surface area contributed by atoms with E-state index in [1.54, 1.807) is 25.5 Å². The number of fused-ring (bicyclic) bond motifs is 3. The molecule has 2 bridgehead atoms. The zero-order valence-corrected chi connectivity index (χ0v) is 23.2. The van der Waals surface area contributed by atoms with Crippen molar-refractivity contribution < 1.29 is 27.5 Å². The van der Waals surface area contributed by atoms with Crippen LogP contribution < -0.4 is 4.74 Å². The Kier molecular flexibility index (Phi) is 8.24. The molecule has 1 aliphatic heterocycles. The van der Waals surface area contributed by atoms with Crippen molar-refractivity contribution in [3.8, 4) is 16.9 Å². The Bertz CT molecular complexity index is 1610. The SMILES string of the molecule is Cc1nc(C(F)(F)F)ccc1C(=O)N1CCOc2ccc(-c3cccnc3)cc2Cc2cccc(c2)C(=O)N(C)CC1. The molecule has 3 heterocycles. The maximum atomic E-state index is 13.5. The molecule has 0 N–H and O–H groups in total. The topological polar surface area (TPSA) is 75.6 Å². The number of aromatic nitrogens is 2. The van der Waals surface area contributed by atoms with E-state index in [0.29, 0.717) is 17.7 Å². The number of alkyl halides is 3. The molecular weight excluding hydrogens is 545 g/mol. The fourth-order valence-corrected chi connectivity index (χ4v) is 4.89. The molecular formula is C32H29F3N4O3. The molecule has 0 fully saturated rings. The van der Waals surface area contributed by atoms with Crippen LogP contribution in [-0.4, -0.2) is 64.9 Å². The summed E-state index contributed by atoms with van der Waals surface area (Å²) in [6, 6.07) is 19.0. The van der Waals surface area contributed by atoms with Crippen LogP contribution in [0.2, 0.25) is 0 Å². The van der Waals surface area contributed by atoms with E-state index in [-0.39, 0.29) is 43.4 Å². The number of aryl methyl sites for hydroxylation is 1. The summed E-state index contributed by atoms with van der Waals surface area (Å²) >= 11 is 0. The molecule has 5 rings (SSSR count). The molecule has 4 aromatic rings. The second kappa shape index (κ2) is 12.0. The van der Waals surface area contributed by atoms with Crippen LogP contribution in [0.4, 0.5) is 13.2 Å². The van der Waals surface area contributed by atoms with Crippen molar-refractivity contribution in [2.24, 2.45) is 0 Å². The number of halogens is 3. The molecule has 0 spiro atoms. The lowest BCUT2D eigenvalue weighted by molar-refractivity contribution is -0.141. The van der Waals surface area contributed by atoms with Crippen molar-refractivity contribution in [1.29, 1.82) is 0 Å². The molecule has 0 aliphatic carbocycles. The molecule has 1 aliphatic rings. The van der Waals surface area contributed by atoms with E-state index in [4.69, 9.17) is 4.74 Å². The zero-order valence-electron chi connectivity index (χ0n) is 23.2. The highest BCUT2D eigenvalue weighted by Gasteiger charge is 2.33. The van der Waals surface area contributed by atoms with Gasteiger partial charge in [0.05, 0.1) is 17.8 Å². The van der Waals surface area contributed by atoms with Gasteiger partial charge in [0.15, 0.2) is 0 Å². The number of pyridine rings is 2. The number of rotatable bonds is 2. The minimum absolute atomic E-state index is 0.0235. The Morgan fingerprint density at radius 3 is 2.48 bits per heavy atom. The monoisotopic (exact) mass is 574 g/mol. The van der Waals surface area contributed by atoms with Crippen LogP contribution in [0.25, 0.3) is 11.1 Å². The third-order valence-electron chi connectivity index (χ3n) is 7.19. The normalized spacial score (nSPS) is 14.5. The Hall–Kier alpha value is -4.73. The zero-order chi connectivity index (χ0) is 29.9. The molecule has 0 saturated carbocycles. The van der Waals surface area contributed by atoms with Gasteiger partial charge in [-0.25, -0.2) is 4.98 Å². The summed E-state index contributed by atoms with van der Waals surface area (Å²) in [5, 5.41) is 0. The van der Waals surface area contributed by atoms with Crippen molar-refractivity contribution in [2.45, 2.75) is 19.5 Å². The number of amides is 2. The third-order valence-corrected chi connectivity index (χ3v) is 7.19. The van der Waals surface area contributed by atoms with E-state index in [0.717, 1.165) is 34.4 Å². The molecule has 0 unspecified atom stereocenters. The smallest absolute Gasteiger partial charge is 0.433 e. The maximum Gasteiger partial charge on any atom is 0.433 e. The predicted octanol–water partition coefficient (Wildman–Crippen LogP) is 5.67. The first-order chi connectivity index (χ1) is 20.1. The van der Waals surface area contributed by atoms with Gasteiger partial charge in [-0.15, -0.1) is 0 Å². The van der Waals surface area contributed by atoms with Crippen LogP contribution in [0, 0.1) is 6.92 Å². The summed E-state index contributed by atoms with van der Waals surface area (Å²) in [6.07, 6.45) is -0.619. The first-order valence-electron chi connectivity index (χ1n) is 13.4. The molecule has 0 saturated heterocycles. The summed E-state index contributed by atoms with van der Waals surface area (Å²) in [5.74, 6) is -0.0537. The van der Waals surface area contributed by atoms with Crippen LogP contribution in [0.15, 0.2) is 79.1 Å². The van der Waals surface area contributed by atoms with E-state index in [2.05, 4.69) is 9.97 Å². The molecule has 2 aromatic carbocycles. The molecule has 2 amide bonds. The second-order valence-electron chi connectivity index (χ2n) is 10.1. The minimum atomic E-state index is -4.62. The van der Waals surface area contributed by atoms with Crippen molar-refractivity contribution in [2.75, 3.05) is 33.3 Å². The van der Waals surface area contributed by atoms with E-state index < -0.39 is 17.8 Å². The summed E-state index contributed by atoms with van der Waals surface area (Å²) in [6.45, 7) is 2.03. The number of hydrogen-bond acceptors (Lipinski definition) is 5. The van der Waals surface area contributed by atoms with Crippen molar-refractivity contribution in [3.05, 3.63) is 113 Å². The average Bonchev–Trinajstić information content (AvgIpc) is 2.98. The third kappa shape index (κ3) is 6.43. The molecule has 7 nitrogen and oxygen atoms in total. The Labute approximate surface area is 241 Å². The number of nitrogens with zero attached hydrogens (tertiary/aromatic N) is 4. The molecule has 10 heteroatoms. The average molecular weight is 575 g/mol. The number of carbonyl (C=O) groups is 2. The van der Waals surface area contributed by atoms with Gasteiger partial charge in [-0.1, -0.05) is 24.3 Å². The highest BCUT2D eigenvalue weighted by Crippen LogP contribution is 2.30. The lowest BCUT2D eigenvalue weighted by Gasteiger charge is -2.27. The van der Waals surface area contributed by atoms with Gasteiger partial charge < -0.3 is 14.5 Å². The van der Waals surface area contributed by atoms with Crippen LogP contribution in [-0.2, 0) is 12.6 Å². The van der Waals surface area contributed by atoms with Crippen LogP contribution in [0.1, 0.15) is 43.2 Å². The van der Waals surface area contributed by atoms with Crippen LogP contribution in [0.5, 0.6) is 5.75 Å². The molecule has 2 aromatic heterocycles. The highest BCUT2D eigenvalue weighted by atomic mass is 19.4. The van der Waals surface area contributed by atoms with Gasteiger partial charge in [0.1, 0.15) is 18.1 Å². The predicted molar refractivity (Wildman–Crippen MR) is 151 cm³/mol. The lowest BCUT2D eigenvalue weighted by atomic mass is 9.98. The number of benzene rings is 2. The summed E-state index contributed by atoms with van der Waals surface area (Å²) in [4.78, 5) is 37.6. The number of carbonyl (C=O) groups excluding carboxylic acids is 2. The fourth-order valence-electron chi connectivity index (χ4n) is 4.89. The Morgan fingerprint density at radius 2 is 1.74 bits per heavy atom. The van der Waals surface area contributed by atoms with Gasteiger partial charge >= 0.3 is 6.18 Å². The summed E-state index contributed by atoms with van der Waals surface area (Å²) in [7, 11) is 1.65. The first kappa shape index (κ1) is 28.8. The molecule has 42 heavy (non-hydrogen) atoms. The van der Waals surface area contributed by atoms with Crippen molar-refractivity contribution in [3.63, 3.8) is 0 Å². The van der Waals surface area contributed by atoms with E-state index in [1.807, 2.05) is 48.5 Å². The van der Waals surface area contributed by atoms with Gasteiger partial charge in [-0.3, -0.25) is 14.6 Å². The van der Waals surface area contributed by atoms with Gasteiger partial charge in [0, 0.05) is 50.1 Å². The molecule has 0 radical (unpaired) electrons. The molecule has 0 atom stereocenters. The fraction of sp³-hybridized carbons (Fsp3) is 0.250. The minimum Gasteiger partial charge on any atom is -0.491 e. The number of likely N-dealkylation sites (N-methyl/N-ethyl adjacent to an activating group) is 1. The largest absolute Gasteiger partial charge is 0.491 e. The highest BCUT2D eigenvalue weighted by molar-refractivity contribution is 5.96. The number of ether oxygens (including phenoxy) is 1. The number of hydrogen-bond donors (Lipinski definition) is 0. The lowest BCUT2D eigenvalue weighted by Crippen LogP contribution is -2.41. The van der Waals surface area contributed by atoms with Gasteiger partial charge in [-0.05, 0) is 66.1 Å². The van der Waals surface area contributed by atoms with Gasteiger partial charge in [0.2, 0.25) is 0 Å². The van der Waals surface area contributed by atoms with Gasteiger partial charge in [0.25, 0.3) is 11.8 Å². The summed E-state index contributed by atoms with van der Waals surface area (Å²) in [5.41, 5.74) is 3.24. The standard InChI is InChI=1S/C32H29F3N4O3/c1-21-27(9-11-29(37-21)32(33,34)35)31(41)39-14-13-38(2)30(40)24-6-3-5-22(17-24)18-26-19-23(25-7-4-12-36-20-25)8-10-28(26)42-16-15-39/h3-12,17,19-20H,13-16,18H2,1-2H3. The van der Waals surface area contributed by atoms with E-state index in [9.17, 15) is 22.8 Å².